The number of carbonyl (C=O) groups excluding carboxylic acids is 1. The molecule has 1 aromatic carbocycles. The zero-order chi connectivity index (χ0) is 13.1. The van der Waals surface area contributed by atoms with Crippen LogP contribution in [0.15, 0.2) is 12.1 Å². The van der Waals surface area contributed by atoms with Crippen LogP contribution in [0.25, 0.3) is 0 Å². The Balaban J connectivity index is 2.20. The Hall–Kier alpha value is -1.91. The summed E-state index contributed by atoms with van der Waals surface area (Å²) >= 11 is 0. The number of nitrogens with two attached hydrogens (primary N) is 1. The standard InChI is InChI=1S/C13H18N2O3/c1-17-9-5-10(12(14)11(6-9)18-2)13(16)15-7-8-3-4-8/h5-6,8H,3-4,7,14H2,1-2H3,(H,15,16). The first-order valence-corrected chi connectivity index (χ1v) is 5.95. The topological polar surface area (TPSA) is 73.6 Å². The summed E-state index contributed by atoms with van der Waals surface area (Å²) in [6.45, 7) is 0.706. The van der Waals surface area contributed by atoms with Gasteiger partial charge < -0.3 is 20.5 Å². The number of rotatable bonds is 5. The van der Waals surface area contributed by atoms with Gasteiger partial charge in [0.05, 0.1) is 25.5 Å². The lowest BCUT2D eigenvalue weighted by molar-refractivity contribution is 0.0952. The number of carbonyl (C=O) groups is 1. The van der Waals surface area contributed by atoms with Crippen LogP contribution in [-0.4, -0.2) is 26.7 Å². The summed E-state index contributed by atoms with van der Waals surface area (Å²) in [5.74, 6) is 1.45. The second-order valence-corrected chi connectivity index (χ2v) is 4.44. The van der Waals surface area contributed by atoms with Crippen molar-refractivity contribution in [2.45, 2.75) is 12.8 Å². The quantitative estimate of drug-likeness (QED) is 0.775. The molecule has 0 atom stereocenters. The van der Waals surface area contributed by atoms with Crippen molar-refractivity contribution in [2.24, 2.45) is 5.92 Å². The smallest absolute Gasteiger partial charge is 0.253 e. The SMILES string of the molecule is COc1cc(OC)c(N)c(C(=O)NCC2CC2)c1. The van der Waals surface area contributed by atoms with E-state index in [9.17, 15) is 4.79 Å². The second-order valence-electron chi connectivity index (χ2n) is 4.44. The summed E-state index contributed by atoms with van der Waals surface area (Å²) in [4.78, 5) is 12.0. The number of amides is 1. The number of nitrogens with one attached hydrogen (secondary N) is 1. The molecule has 0 heterocycles. The highest BCUT2D eigenvalue weighted by Crippen LogP contribution is 2.31. The highest BCUT2D eigenvalue weighted by molar-refractivity contribution is 6.00. The van der Waals surface area contributed by atoms with Gasteiger partial charge in [0.25, 0.3) is 5.91 Å². The molecule has 5 nitrogen and oxygen atoms in total. The van der Waals surface area contributed by atoms with Gasteiger partial charge in [0, 0.05) is 12.6 Å². The lowest BCUT2D eigenvalue weighted by Gasteiger charge is -2.12. The average Bonchev–Trinajstić information content (AvgIpc) is 3.20. The van der Waals surface area contributed by atoms with E-state index in [2.05, 4.69) is 5.32 Å². The van der Waals surface area contributed by atoms with E-state index in [4.69, 9.17) is 15.2 Å². The first kappa shape index (κ1) is 12.5. The summed E-state index contributed by atoms with van der Waals surface area (Å²) in [7, 11) is 3.05. The Morgan fingerprint density at radius 1 is 1.39 bits per heavy atom. The molecule has 0 aromatic heterocycles. The van der Waals surface area contributed by atoms with E-state index >= 15 is 0 Å². The molecular formula is C13H18N2O3. The Labute approximate surface area is 106 Å². The van der Waals surface area contributed by atoms with Gasteiger partial charge in [0.1, 0.15) is 11.5 Å². The van der Waals surface area contributed by atoms with Gasteiger partial charge in [0.2, 0.25) is 0 Å². The summed E-state index contributed by atoms with van der Waals surface area (Å²) in [5, 5.41) is 2.87. The molecule has 18 heavy (non-hydrogen) atoms. The van der Waals surface area contributed by atoms with Crippen molar-refractivity contribution in [1.82, 2.24) is 5.32 Å². The molecule has 3 N–H and O–H groups in total. The molecule has 0 spiro atoms. The van der Waals surface area contributed by atoms with Crippen molar-refractivity contribution in [1.29, 1.82) is 0 Å². The lowest BCUT2D eigenvalue weighted by atomic mass is 10.1. The first-order chi connectivity index (χ1) is 8.65. The van der Waals surface area contributed by atoms with Crippen LogP contribution in [0.4, 0.5) is 5.69 Å². The number of anilines is 1. The van der Waals surface area contributed by atoms with Crippen LogP contribution < -0.4 is 20.5 Å². The van der Waals surface area contributed by atoms with Gasteiger partial charge in [-0.3, -0.25) is 4.79 Å². The van der Waals surface area contributed by atoms with Crippen LogP contribution in [-0.2, 0) is 0 Å². The molecule has 5 heteroatoms. The predicted molar refractivity (Wildman–Crippen MR) is 69.0 cm³/mol. The molecule has 1 amide bonds. The third kappa shape index (κ3) is 2.67. The minimum absolute atomic E-state index is 0.184. The van der Waals surface area contributed by atoms with Crippen LogP contribution >= 0.6 is 0 Å². The monoisotopic (exact) mass is 250 g/mol. The molecule has 0 unspecified atom stereocenters. The molecule has 1 aromatic rings. The summed E-state index contributed by atoms with van der Waals surface area (Å²) in [6, 6.07) is 3.28. The Morgan fingerprint density at radius 2 is 2.11 bits per heavy atom. The number of ether oxygens (including phenoxy) is 2. The maximum absolute atomic E-state index is 12.0. The van der Waals surface area contributed by atoms with Crippen LogP contribution in [0.5, 0.6) is 11.5 Å². The zero-order valence-corrected chi connectivity index (χ0v) is 10.7. The van der Waals surface area contributed by atoms with Crippen LogP contribution in [0.2, 0.25) is 0 Å². The summed E-state index contributed by atoms with van der Waals surface area (Å²) in [6.07, 6.45) is 2.38. The van der Waals surface area contributed by atoms with Crippen molar-refractivity contribution in [3.05, 3.63) is 17.7 Å². The first-order valence-electron chi connectivity index (χ1n) is 5.95. The maximum atomic E-state index is 12.0. The van der Waals surface area contributed by atoms with Crippen molar-refractivity contribution < 1.29 is 14.3 Å². The zero-order valence-electron chi connectivity index (χ0n) is 10.7. The van der Waals surface area contributed by atoms with Crippen molar-refractivity contribution in [3.63, 3.8) is 0 Å². The van der Waals surface area contributed by atoms with Gasteiger partial charge in [-0.15, -0.1) is 0 Å². The van der Waals surface area contributed by atoms with Gasteiger partial charge in [0.15, 0.2) is 0 Å². The largest absolute Gasteiger partial charge is 0.497 e. The number of nitrogen functional groups attached to an aromatic ring is 1. The van der Waals surface area contributed by atoms with E-state index in [-0.39, 0.29) is 5.91 Å². The molecule has 1 saturated carbocycles. The molecule has 0 aliphatic heterocycles. The second kappa shape index (κ2) is 5.16. The summed E-state index contributed by atoms with van der Waals surface area (Å²) in [5.41, 5.74) is 6.63. The van der Waals surface area contributed by atoms with E-state index < -0.39 is 0 Å². The van der Waals surface area contributed by atoms with E-state index in [1.807, 2.05) is 0 Å². The molecule has 0 saturated heterocycles. The number of hydrogen-bond donors (Lipinski definition) is 2. The minimum atomic E-state index is -0.184. The summed E-state index contributed by atoms with van der Waals surface area (Å²) < 4.78 is 10.3. The highest BCUT2D eigenvalue weighted by atomic mass is 16.5. The van der Waals surface area contributed by atoms with Gasteiger partial charge >= 0.3 is 0 Å². The molecule has 1 fully saturated rings. The fourth-order valence-corrected chi connectivity index (χ4v) is 1.73. The minimum Gasteiger partial charge on any atom is -0.497 e. The van der Waals surface area contributed by atoms with E-state index in [1.54, 1.807) is 12.1 Å². The van der Waals surface area contributed by atoms with Crippen molar-refractivity contribution in [2.75, 3.05) is 26.5 Å². The molecule has 2 rings (SSSR count). The van der Waals surface area contributed by atoms with Gasteiger partial charge in [-0.25, -0.2) is 0 Å². The molecular weight excluding hydrogens is 232 g/mol. The maximum Gasteiger partial charge on any atom is 0.253 e. The molecule has 0 bridgehead atoms. The number of benzene rings is 1. The Kier molecular flexibility index (Phi) is 3.60. The van der Waals surface area contributed by atoms with Crippen LogP contribution in [0.3, 0.4) is 0 Å². The predicted octanol–water partition coefficient (Wildman–Crippen LogP) is 1.43. The fourth-order valence-electron chi connectivity index (χ4n) is 1.73. The molecule has 1 aliphatic rings. The highest BCUT2D eigenvalue weighted by Gasteiger charge is 2.23. The molecule has 1 aliphatic carbocycles. The Bertz CT molecular complexity index is 456. The number of hydrogen-bond acceptors (Lipinski definition) is 4. The van der Waals surface area contributed by atoms with Crippen LogP contribution in [0, 0.1) is 5.92 Å². The Morgan fingerprint density at radius 3 is 2.67 bits per heavy atom. The molecule has 98 valence electrons. The van der Waals surface area contributed by atoms with E-state index in [1.165, 1.54) is 27.1 Å². The van der Waals surface area contributed by atoms with Crippen molar-refractivity contribution >= 4 is 11.6 Å². The van der Waals surface area contributed by atoms with Gasteiger partial charge in [-0.05, 0) is 24.8 Å². The van der Waals surface area contributed by atoms with E-state index in [0.717, 1.165) is 0 Å². The van der Waals surface area contributed by atoms with Crippen LogP contribution in [0.1, 0.15) is 23.2 Å². The third-order valence-electron chi connectivity index (χ3n) is 3.06. The van der Waals surface area contributed by atoms with Gasteiger partial charge in [-0.1, -0.05) is 0 Å². The number of methoxy groups -OCH3 is 2. The van der Waals surface area contributed by atoms with Gasteiger partial charge in [-0.2, -0.15) is 0 Å². The fraction of sp³-hybridized carbons (Fsp3) is 0.462. The normalized spacial score (nSPS) is 14.1. The lowest BCUT2D eigenvalue weighted by Crippen LogP contribution is -2.26. The van der Waals surface area contributed by atoms with Crippen molar-refractivity contribution in [3.8, 4) is 11.5 Å². The average molecular weight is 250 g/mol. The van der Waals surface area contributed by atoms with E-state index in [0.29, 0.717) is 35.2 Å². The molecule has 0 radical (unpaired) electrons. The third-order valence-corrected chi connectivity index (χ3v) is 3.06.